The number of carbonyl (C=O) groups is 2. The van der Waals surface area contributed by atoms with E-state index >= 15 is 0 Å². The fourth-order valence-electron chi connectivity index (χ4n) is 4.54. The summed E-state index contributed by atoms with van der Waals surface area (Å²) in [4.78, 5) is 29.0. The van der Waals surface area contributed by atoms with Crippen molar-refractivity contribution in [2.45, 2.75) is 65.1 Å². The van der Waals surface area contributed by atoms with Gasteiger partial charge in [-0.3, -0.25) is 13.9 Å². The fourth-order valence-corrected chi connectivity index (χ4v) is 5.50. The molecule has 0 saturated heterocycles. The van der Waals surface area contributed by atoms with Gasteiger partial charge in [0.25, 0.3) is 0 Å². The van der Waals surface area contributed by atoms with Crippen LogP contribution in [0.15, 0.2) is 72.8 Å². The number of amides is 2. The van der Waals surface area contributed by atoms with Crippen molar-refractivity contribution >= 4 is 27.5 Å². The number of nitrogens with one attached hydrogen (secondary N) is 1. The Balaban J connectivity index is 1.90. The lowest BCUT2D eigenvalue weighted by molar-refractivity contribution is -0.142. The van der Waals surface area contributed by atoms with Crippen molar-refractivity contribution in [3.05, 3.63) is 101 Å². The van der Waals surface area contributed by atoms with E-state index in [0.717, 1.165) is 39.4 Å². The molecule has 0 aromatic heterocycles. The molecule has 0 saturated carbocycles. The van der Waals surface area contributed by atoms with E-state index in [0.29, 0.717) is 0 Å². The summed E-state index contributed by atoms with van der Waals surface area (Å²) >= 11 is 0. The van der Waals surface area contributed by atoms with Crippen LogP contribution in [0.4, 0.5) is 14.5 Å². The standard InChI is InChI=1S/C32H39F2N3O4S/c1-23-13-15-25(16-14-23)22-36(29(31(39)35-32(2,3)4)20-24-10-7-6-8-11-24)30(38)12-9-19-37(42(5,40)41)26-17-18-27(33)28(34)21-26/h6-8,10-11,13-18,21,29H,9,12,19-20,22H2,1-5H3,(H,35,39). The van der Waals surface area contributed by atoms with Crippen molar-refractivity contribution < 1.29 is 26.8 Å². The van der Waals surface area contributed by atoms with Crippen molar-refractivity contribution in [2.75, 3.05) is 17.1 Å². The Morgan fingerprint density at radius 3 is 2.12 bits per heavy atom. The molecule has 3 aromatic rings. The molecule has 0 bridgehead atoms. The van der Waals surface area contributed by atoms with Gasteiger partial charge in [-0.1, -0.05) is 60.2 Å². The first kappa shape index (κ1) is 32.7. The van der Waals surface area contributed by atoms with Crippen LogP contribution < -0.4 is 9.62 Å². The van der Waals surface area contributed by atoms with Crippen molar-refractivity contribution in [2.24, 2.45) is 0 Å². The summed E-state index contributed by atoms with van der Waals surface area (Å²) in [5.74, 6) is -2.90. The van der Waals surface area contributed by atoms with E-state index < -0.39 is 33.2 Å². The lowest BCUT2D eigenvalue weighted by Crippen LogP contribution is -2.54. The number of anilines is 1. The second kappa shape index (κ2) is 13.9. The van der Waals surface area contributed by atoms with Gasteiger partial charge in [0.05, 0.1) is 11.9 Å². The number of carbonyl (C=O) groups excluding carboxylic acids is 2. The first-order chi connectivity index (χ1) is 19.6. The van der Waals surface area contributed by atoms with E-state index in [9.17, 15) is 26.8 Å². The maximum atomic E-state index is 13.9. The first-order valence-corrected chi connectivity index (χ1v) is 15.6. The molecule has 10 heteroatoms. The van der Waals surface area contributed by atoms with Crippen LogP contribution in [0.25, 0.3) is 0 Å². The maximum absolute atomic E-state index is 13.9. The molecule has 3 rings (SSSR count). The molecule has 0 aliphatic carbocycles. The highest BCUT2D eigenvalue weighted by Crippen LogP contribution is 2.22. The molecule has 0 aliphatic heterocycles. The number of benzene rings is 3. The normalized spacial score (nSPS) is 12.5. The Kier molecular flexibility index (Phi) is 10.8. The summed E-state index contributed by atoms with van der Waals surface area (Å²) in [7, 11) is -3.85. The number of aryl methyl sites for hydroxylation is 1. The topological polar surface area (TPSA) is 86.8 Å². The van der Waals surface area contributed by atoms with Gasteiger partial charge in [0.15, 0.2) is 11.6 Å². The highest BCUT2D eigenvalue weighted by Gasteiger charge is 2.32. The molecule has 3 aromatic carbocycles. The average Bonchev–Trinajstić information content (AvgIpc) is 2.90. The Hall–Kier alpha value is -3.79. The monoisotopic (exact) mass is 599 g/mol. The Morgan fingerprint density at radius 1 is 0.905 bits per heavy atom. The zero-order valence-electron chi connectivity index (χ0n) is 24.7. The summed E-state index contributed by atoms with van der Waals surface area (Å²) in [5, 5.41) is 3.01. The molecule has 1 unspecified atom stereocenters. The van der Waals surface area contributed by atoms with Crippen molar-refractivity contribution in [1.29, 1.82) is 0 Å². The third kappa shape index (κ3) is 9.65. The largest absolute Gasteiger partial charge is 0.350 e. The van der Waals surface area contributed by atoms with Crippen molar-refractivity contribution in [3.63, 3.8) is 0 Å². The number of rotatable bonds is 12. The molecule has 7 nitrogen and oxygen atoms in total. The minimum absolute atomic E-state index is 0.0353. The van der Waals surface area contributed by atoms with Gasteiger partial charge in [-0.15, -0.1) is 0 Å². The molecular formula is C32H39F2N3O4S. The molecule has 2 amide bonds. The number of hydrogen-bond acceptors (Lipinski definition) is 4. The van der Waals surface area contributed by atoms with Crippen LogP contribution in [0.2, 0.25) is 0 Å². The zero-order valence-corrected chi connectivity index (χ0v) is 25.5. The average molecular weight is 600 g/mol. The van der Waals surface area contributed by atoms with Crippen LogP contribution in [0.1, 0.15) is 50.3 Å². The zero-order chi connectivity index (χ0) is 31.1. The van der Waals surface area contributed by atoms with E-state index in [1.165, 1.54) is 6.07 Å². The lowest BCUT2D eigenvalue weighted by atomic mass is 10.00. The quantitative estimate of drug-likeness (QED) is 0.303. The number of nitrogens with zero attached hydrogens (tertiary/aromatic N) is 2. The Bertz CT molecular complexity index is 1470. The highest BCUT2D eigenvalue weighted by molar-refractivity contribution is 7.92. The van der Waals surface area contributed by atoms with Crippen LogP contribution in [0.5, 0.6) is 0 Å². The molecular weight excluding hydrogens is 560 g/mol. The highest BCUT2D eigenvalue weighted by atomic mass is 32.2. The van der Waals surface area contributed by atoms with Gasteiger partial charge in [0.2, 0.25) is 21.8 Å². The smallest absolute Gasteiger partial charge is 0.243 e. The SMILES string of the molecule is Cc1ccc(CN(C(=O)CCCN(c2ccc(F)c(F)c2)S(C)(=O)=O)C(Cc2ccccc2)C(=O)NC(C)(C)C)cc1. The predicted octanol–water partition coefficient (Wildman–Crippen LogP) is 5.37. The summed E-state index contributed by atoms with van der Waals surface area (Å²) < 4.78 is 53.3. The molecule has 0 aliphatic rings. The third-order valence-electron chi connectivity index (χ3n) is 6.59. The van der Waals surface area contributed by atoms with Crippen molar-refractivity contribution in [1.82, 2.24) is 10.2 Å². The molecule has 42 heavy (non-hydrogen) atoms. The summed E-state index contributed by atoms with van der Waals surface area (Å²) in [6.07, 6.45) is 1.26. The fraction of sp³-hybridized carbons (Fsp3) is 0.375. The van der Waals surface area contributed by atoms with Crippen LogP contribution in [-0.4, -0.2) is 49.5 Å². The minimum atomic E-state index is -3.85. The summed E-state index contributed by atoms with van der Waals surface area (Å²) in [5.41, 5.74) is 2.21. The molecule has 1 atom stereocenters. The molecule has 0 fully saturated rings. The van der Waals surface area contributed by atoms with E-state index in [-0.39, 0.29) is 49.9 Å². The van der Waals surface area contributed by atoms with Gasteiger partial charge in [0, 0.05) is 37.5 Å². The lowest BCUT2D eigenvalue weighted by Gasteiger charge is -2.34. The van der Waals surface area contributed by atoms with Gasteiger partial charge in [-0.05, 0) is 57.4 Å². The predicted molar refractivity (Wildman–Crippen MR) is 161 cm³/mol. The van der Waals surface area contributed by atoms with E-state index in [1.54, 1.807) is 4.90 Å². The molecule has 0 radical (unpaired) electrons. The van der Waals surface area contributed by atoms with Crippen molar-refractivity contribution in [3.8, 4) is 0 Å². The van der Waals surface area contributed by atoms with Gasteiger partial charge in [-0.25, -0.2) is 17.2 Å². The van der Waals surface area contributed by atoms with E-state index in [2.05, 4.69) is 5.32 Å². The number of halogens is 2. The van der Waals surface area contributed by atoms with Crippen LogP contribution in [-0.2, 0) is 32.6 Å². The Labute approximate surface area is 247 Å². The molecule has 1 N–H and O–H groups in total. The summed E-state index contributed by atoms with van der Waals surface area (Å²) in [6.45, 7) is 7.61. The van der Waals surface area contributed by atoms with Gasteiger partial charge in [0.1, 0.15) is 6.04 Å². The van der Waals surface area contributed by atoms with Crippen LogP contribution in [0.3, 0.4) is 0 Å². The summed E-state index contributed by atoms with van der Waals surface area (Å²) in [6, 6.07) is 19.1. The van der Waals surface area contributed by atoms with E-state index in [4.69, 9.17) is 0 Å². The minimum Gasteiger partial charge on any atom is -0.350 e. The number of hydrogen-bond donors (Lipinski definition) is 1. The Morgan fingerprint density at radius 2 is 1.55 bits per heavy atom. The second-order valence-electron chi connectivity index (χ2n) is 11.5. The van der Waals surface area contributed by atoms with Crippen LogP contribution in [0, 0.1) is 18.6 Å². The first-order valence-electron chi connectivity index (χ1n) is 13.8. The third-order valence-corrected chi connectivity index (χ3v) is 7.78. The maximum Gasteiger partial charge on any atom is 0.243 e. The van der Waals surface area contributed by atoms with Gasteiger partial charge >= 0.3 is 0 Å². The second-order valence-corrected chi connectivity index (χ2v) is 13.4. The van der Waals surface area contributed by atoms with E-state index in [1.807, 2.05) is 82.3 Å². The van der Waals surface area contributed by atoms with Gasteiger partial charge in [-0.2, -0.15) is 0 Å². The molecule has 0 spiro atoms. The van der Waals surface area contributed by atoms with Crippen LogP contribution >= 0.6 is 0 Å². The number of sulfonamides is 1. The molecule has 226 valence electrons. The van der Waals surface area contributed by atoms with Gasteiger partial charge < -0.3 is 10.2 Å². The molecule has 0 heterocycles.